The highest BCUT2D eigenvalue weighted by Gasteiger charge is 2.16. The zero-order valence-electron chi connectivity index (χ0n) is 11.1. The lowest BCUT2D eigenvalue weighted by molar-refractivity contribution is 0.0818. The fourth-order valence-electron chi connectivity index (χ4n) is 1.76. The van der Waals surface area contributed by atoms with Gasteiger partial charge < -0.3 is 10.5 Å². The molecule has 0 fully saturated rings. The van der Waals surface area contributed by atoms with E-state index in [2.05, 4.69) is 0 Å². The van der Waals surface area contributed by atoms with Crippen LogP contribution in [0.25, 0.3) is 0 Å². The number of carbonyl (C=O) groups is 1. The molecule has 0 aliphatic carbocycles. The summed E-state index contributed by atoms with van der Waals surface area (Å²) in [4.78, 5) is 12.2. The number of carbonyl (C=O) groups excluding carboxylic acids is 1. The van der Waals surface area contributed by atoms with E-state index in [1.165, 1.54) is 0 Å². The van der Waals surface area contributed by atoms with Crippen LogP contribution in [0.15, 0.2) is 48.5 Å². The second kappa shape index (κ2) is 5.57. The van der Waals surface area contributed by atoms with Crippen LogP contribution in [-0.4, -0.2) is 11.9 Å². The molecular formula is C16H17NO2. The molecule has 0 saturated heterocycles. The summed E-state index contributed by atoms with van der Waals surface area (Å²) in [6.45, 7) is 3.74. The van der Waals surface area contributed by atoms with Crippen molar-refractivity contribution in [2.45, 2.75) is 20.0 Å². The van der Waals surface area contributed by atoms with Gasteiger partial charge >= 0.3 is 0 Å². The van der Waals surface area contributed by atoms with E-state index in [-0.39, 0.29) is 5.78 Å². The molecule has 0 amide bonds. The standard InChI is InChI=1S/C16H17NO2/c1-11-3-5-13(6-4-11)16(18)12(2)19-15-9-7-14(17)8-10-15/h3-10,12H,17H2,1-2H3. The fourth-order valence-corrected chi connectivity index (χ4v) is 1.76. The lowest BCUT2D eigenvalue weighted by atomic mass is 10.1. The third kappa shape index (κ3) is 3.35. The van der Waals surface area contributed by atoms with Gasteiger partial charge in [0.1, 0.15) is 5.75 Å². The Labute approximate surface area is 113 Å². The van der Waals surface area contributed by atoms with Crippen LogP contribution in [0.4, 0.5) is 5.69 Å². The molecule has 0 bridgehead atoms. The first-order valence-corrected chi connectivity index (χ1v) is 6.19. The zero-order chi connectivity index (χ0) is 13.8. The Morgan fingerprint density at radius 2 is 1.63 bits per heavy atom. The second-order valence-electron chi connectivity index (χ2n) is 4.56. The molecule has 3 nitrogen and oxygen atoms in total. The summed E-state index contributed by atoms with van der Waals surface area (Å²) in [5.74, 6) is 0.610. The molecule has 19 heavy (non-hydrogen) atoms. The van der Waals surface area contributed by atoms with Crippen LogP contribution < -0.4 is 10.5 Å². The van der Waals surface area contributed by atoms with E-state index in [1.807, 2.05) is 31.2 Å². The number of nitrogen functional groups attached to an aromatic ring is 1. The molecule has 0 heterocycles. The minimum Gasteiger partial charge on any atom is -0.483 e. The molecule has 2 aromatic carbocycles. The van der Waals surface area contributed by atoms with E-state index >= 15 is 0 Å². The van der Waals surface area contributed by atoms with Crippen LogP contribution in [0, 0.1) is 6.92 Å². The molecule has 1 atom stereocenters. The van der Waals surface area contributed by atoms with Crippen LogP contribution in [0.3, 0.4) is 0 Å². The predicted octanol–water partition coefficient (Wildman–Crippen LogP) is 3.23. The monoisotopic (exact) mass is 255 g/mol. The summed E-state index contributed by atoms with van der Waals surface area (Å²) >= 11 is 0. The van der Waals surface area contributed by atoms with Gasteiger partial charge in [-0.2, -0.15) is 0 Å². The Hall–Kier alpha value is -2.29. The number of ketones is 1. The van der Waals surface area contributed by atoms with Gasteiger partial charge in [0.15, 0.2) is 6.10 Å². The first kappa shape index (κ1) is 13.1. The molecule has 0 aliphatic heterocycles. The molecule has 0 aliphatic rings. The summed E-state index contributed by atoms with van der Waals surface area (Å²) in [6, 6.07) is 14.5. The van der Waals surface area contributed by atoms with E-state index in [0.717, 1.165) is 5.56 Å². The van der Waals surface area contributed by atoms with Crippen molar-refractivity contribution in [3.8, 4) is 5.75 Å². The number of hydrogen-bond donors (Lipinski definition) is 1. The van der Waals surface area contributed by atoms with Gasteiger partial charge in [0.2, 0.25) is 5.78 Å². The molecule has 2 rings (SSSR count). The van der Waals surface area contributed by atoms with Crippen molar-refractivity contribution in [1.29, 1.82) is 0 Å². The van der Waals surface area contributed by atoms with Crippen molar-refractivity contribution in [2.75, 3.05) is 5.73 Å². The van der Waals surface area contributed by atoms with Crippen molar-refractivity contribution >= 4 is 11.5 Å². The quantitative estimate of drug-likeness (QED) is 0.674. The number of aryl methyl sites for hydroxylation is 1. The molecule has 98 valence electrons. The number of anilines is 1. The second-order valence-corrected chi connectivity index (χ2v) is 4.56. The average Bonchev–Trinajstić information content (AvgIpc) is 2.41. The van der Waals surface area contributed by atoms with Gasteiger partial charge in [-0.05, 0) is 38.1 Å². The Morgan fingerprint density at radius 1 is 1.05 bits per heavy atom. The normalized spacial score (nSPS) is 11.9. The summed E-state index contributed by atoms with van der Waals surface area (Å²) in [6.07, 6.45) is -0.522. The van der Waals surface area contributed by atoms with Crippen LogP contribution in [0.1, 0.15) is 22.8 Å². The lowest BCUT2D eigenvalue weighted by Crippen LogP contribution is -2.23. The minimum absolute atomic E-state index is 0.0307. The van der Waals surface area contributed by atoms with Gasteiger partial charge in [0.05, 0.1) is 0 Å². The molecule has 3 heteroatoms. The van der Waals surface area contributed by atoms with Crippen molar-refractivity contribution in [3.05, 3.63) is 59.7 Å². The smallest absolute Gasteiger partial charge is 0.202 e. The van der Waals surface area contributed by atoms with Gasteiger partial charge in [0.25, 0.3) is 0 Å². The van der Waals surface area contributed by atoms with Crippen LogP contribution >= 0.6 is 0 Å². The maximum absolute atomic E-state index is 12.2. The molecule has 2 N–H and O–H groups in total. The highest BCUT2D eigenvalue weighted by molar-refractivity contribution is 5.99. The van der Waals surface area contributed by atoms with E-state index in [0.29, 0.717) is 17.0 Å². The van der Waals surface area contributed by atoms with Gasteiger partial charge in [-0.25, -0.2) is 0 Å². The molecule has 2 aromatic rings. The van der Waals surface area contributed by atoms with Gasteiger partial charge in [-0.1, -0.05) is 29.8 Å². The molecule has 0 radical (unpaired) electrons. The van der Waals surface area contributed by atoms with Crippen molar-refractivity contribution in [2.24, 2.45) is 0 Å². The van der Waals surface area contributed by atoms with Gasteiger partial charge in [0, 0.05) is 11.3 Å². The van der Waals surface area contributed by atoms with Crippen LogP contribution in [0.5, 0.6) is 5.75 Å². The number of benzene rings is 2. The molecule has 0 spiro atoms. The third-order valence-corrected chi connectivity index (χ3v) is 2.90. The molecular weight excluding hydrogens is 238 g/mol. The Bertz CT molecular complexity index is 558. The first-order valence-electron chi connectivity index (χ1n) is 6.19. The summed E-state index contributed by atoms with van der Waals surface area (Å²) in [5, 5.41) is 0. The van der Waals surface area contributed by atoms with E-state index < -0.39 is 6.10 Å². The topological polar surface area (TPSA) is 52.3 Å². The molecule has 0 saturated carbocycles. The van der Waals surface area contributed by atoms with E-state index in [4.69, 9.17) is 10.5 Å². The third-order valence-electron chi connectivity index (χ3n) is 2.90. The van der Waals surface area contributed by atoms with Crippen molar-refractivity contribution in [1.82, 2.24) is 0 Å². The SMILES string of the molecule is Cc1ccc(C(=O)C(C)Oc2ccc(N)cc2)cc1. The zero-order valence-corrected chi connectivity index (χ0v) is 11.1. The highest BCUT2D eigenvalue weighted by atomic mass is 16.5. The van der Waals surface area contributed by atoms with Crippen LogP contribution in [0.2, 0.25) is 0 Å². The Kier molecular flexibility index (Phi) is 3.85. The predicted molar refractivity (Wildman–Crippen MR) is 76.5 cm³/mol. The summed E-state index contributed by atoms with van der Waals surface area (Å²) in [5.41, 5.74) is 8.06. The lowest BCUT2D eigenvalue weighted by Gasteiger charge is -2.14. The highest BCUT2D eigenvalue weighted by Crippen LogP contribution is 2.16. The summed E-state index contributed by atoms with van der Waals surface area (Å²) in [7, 11) is 0. The van der Waals surface area contributed by atoms with Gasteiger partial charge in [-0.15, -0.1) is 0 Å². The Balaban J connectivity index is 2.07. The maximum atomic E-state index is 12.2. The Morgan fingerprint density at radius 3 is 2.21 bits per heavy atom. The fraction of sp³-hybridized carbons (Fsp3) is 0.188. The number of ether oxygens (including phenoxy) is 1. The molecule has 0 aromatic heterocycles. The van der Waals surface area contributed by atoms with E-state index in [1.54, 1.807) is 31.2 Å². The number of hydrogen-bond acceptors (Lipinski definition) is 3. The van der Waals surface area contributed by atoms with E-state index in [9.17, 15) is 4.79 Å². The maximum Gasteiger partial charge on any atom is 0.202 e. The van der Waals surface area contributed by atoms with Crippen molar-refractivity contribution < 1.29 is 9.53 Å². The van der Waals surface area contributed by atoms with Gasteiger partial charge in [-0.3, -0.25) is 4.79 Å². The summed E-state index contributed by atoms with van der Waals surface area (Å²) < 4.78 is 5.61. The minimum atomic E-state index is -0.522. The van der Waals surface area contributed by atoms with Crippen molar-refractivity contribution in [3.63, 3.8) is 0 Å². The number of nitrogens with two attached hydrogens (primary N) is 1. The largest absolute Gasteiger partial charge is 0.483 e. The molecule has 1 unspecified atom stereocenters. The number of Topliss-reactive ketones (excluding diaryl/α,β-unsaturated/α-hetero) is 1. The average molecular weight is 255 g/mol. The number of rotatable bonds is 4. The first-order chi connectivity index (χ1) is 9.06. The van der Waals surface area contributed by atoms with Crippen LogP contribution in [-0.2, 0) is 0 Å².